The number of carbonyl (C=O) groups is 1. The van der Waals surface area contributed by atoms with Gasteiger partial charge in [-0.1, -0.05) is 0 Å². The first-order valence-electron chi connectivity index (χ1n) is 8.80. The molecule has 1 saturated heterocycles. The lowest BCUT2D eigenvalue weighted by Crippen LogP contribution is -2.47. The third kappa shape index (κ3) is 3.58. The van der Waals surface area contributed by atoms with E-state index >= 15 is 0 Å². The van der Waals surface area contributed by atoms with Crippen molar-refractivity contribution in [2.75, 3.05) is 6.61 Å². The van der Waals surface area contributed by atoms with Crippen molar-refractivity contribution in [3.05, 3.63) is 52.9 Å². The summed E-state index contributed by atoms with van der Waals surface area (Å²) in [7, 11) is 0. The number of carbonyl (C=O) groups excluding carboxylic acids is 1. The highest BCUT2D eigenvalue weighted by atomic mass is 19.1. The third-order valence-corrected chi connectivity index (χ3v) is 5.15. The number of hydrogen-bond acceptors (Lipinski definition) is 5. The van der Waals surface area contributed by atoms with Crippen LogP contribution >= 0.6 is 0 Å². The Morgan fingerprint density at radius 2 is 2.15 bits per heavy atom. The fraction of sp³-hybridized carbons (Fsp3) is 0.444. The first kappa shape index (κ1) is 18.0. The van der Waals surface area contributed by atoms with Gasteiger partial charge >= 0.3 is 0 Å². The molecule has 0 bridgehead atoms. The average molecular weight is 377 g/mol. The van der Waals surface area contributed by atoms with Gasteiger partial charge < -0.3 is 16.2 Å². The Morgan fingerprint density at radius 3 is 2.85 bits per heavy atom. The first-order chi connectivity index (χ1) is 12.9. The largest absolute Gasteiger partial charge is 0.370 e. The maximum Gasteiger partial charge on any atom is 0.239 e. The number of rotatable bonds is 4. The summed E-state index contributed by atoms with van der Waals surface area (Å²) in [6.45, 7) is 1.74. The number of primary amides is 1. The Kier molecular flexibility index (Phi) is 4.67. The number of nitrogens with zero attached hydrogens (tertiary/aromatic N) is 3. The van der Waals surface area contributed by atoms with Crippen LogP contribution < -0.4 is 11.5 Å². The molecule has 4 N–H and O–H groups in total. The van der Waals surface area contributed by atoms with Crippen molar-refractivity contribution in [1.82, 2.24) is 14.7 Å². The summed E-state index contributed by atoms with van der Waals surface area (Å²) in [4.78, 5) is 13.2. The van der Waals surface area contributed by atoms with Crippen LogP contribution in [0.3, 0.4) is 0 Å². The summed E-state index contributed by atoms with van der Waals surface area (Å²) < 4.78 is 34.9. The second kappa shape index (κ2) is 6.99. The van der Waals surface area contributed by atoms with Crippen LogP contribution in [0, 0.1) is 11.6 Å². The number of fused-ring (bicyclic) bond motifs is 1. The quantitative estimate of drug-likeness (QED) is 0.822. The molecule has 4 rings (SSSR count). The second-order valence-electron chi connectivity index (χ2n) is 7.14. The summed E-state index contributed by atoms with van der Waals surface area (Å²) in [5.74, 6) is -1.46. The molecule has 0 aliphatic carbocycles. The lowest BCUT2D eigenvalue weighted by Gasteiger charge is -2.38. The monoisotopic (exact) mass is 377 g/mol. The lowest BCUT2D eigenvalue weighted by molar-refractivity contribution is -0.118. The molecule has 9 heteroatoms. The molecule has 0 radical (unpaired) electrons. The van der Waals surface area contributed by atoms with Gasteiger partial charge in [-0.15, -0.1) is 0 Å². The summed E-state index contributed by atoms with van der Waals surface area (Å²) in [5.41, 5.74) is 13.5. The predicted octanol–water partition coefficient (Wildman–Crippen LogP) is 0.820. The Morgan fingerprint density at radius 1 is 1.33 bits per heavy atom. The van der Waals surface area contributed by atoms with Crippen LogP contribution in [0.1, 0.15) is 29.3 Å². The van der Waals surface area contributed by atoms with Gasteiger partial charge in [0.25, 0.3) is 0 Å². The van der Waals surface area contributed by atoms with Crippen molar-refractivity contribution in [2.45, 2.75) is 44.2 Å². The van der Waals surface area contributed by atoms with E-state index in [1.165, 1.54) is 0 Å². The van der Waals surface area contributed by atoms with E-state index in [0.717, 1.165) is 29.5 Å². The molecule has 1 amide bonds. The molecule has 3 atom stereocenters. The number of nitrogens with two attached hydrogens (primary N) is 2. The Bertz CT molecular complexity index is 848. The second-order valence-corrected chi connectivity index (χ2v) is 7.14. The molecule has 144 valence electrons. The number of hydrogen-bond donors (Lipinski definition) is 2. The number of amides is 1. The van der Waals surface area contributed by atoms with E-state index in [1.54, 1.807) is 4.68 Å². The van der Waals surface area contributed by atoms with Gasteiger partial charge in [-0.05, 0) is 24.6 Å². The van der Waals surface area contributed by atoms with Crippen molar-refractivity contribution >= 4 is 5.91 Å². The van der Waals surface area contributed by atoms with Crippen molar-refractivity contribution in [1.29, 1.82) is 0 Å². The third-order valence-electron chi connectivity index (χ3n) is 5.15. The first-order valence-corrected chi connectivity index (χ1v) is 8.80. The highest BCUT2D eigenvalue weighted by Gasteiger charge is 2.37. The van der Waals surface area contributed by atoms with Crippen LogP contribution in [0.5, 0.6) is 0 Å². The predicted molar refractivity (Wildman–Crippen MR) is 92.1 cm³/mol. The molecule has 3 heterocycles. The van der Waals surface area contributed by atoms with Gasteiger partial charge in [-0.25, -0.2) is 8.78 Å². The number of benzene rings is 1. The van der Waals surface area contributed by atoms with Gasteiger partial charge in [-0.2, -0.15) is 5.10 Å². The zero-order chi connectivity index (χ0) is 19.1. The average Bonchev–Trinajstić information content (AvgIpc) is 3.15. The molecule has 1 aromatic carbocycles. The number of aromatic nitrogens is 2. The van der Waals surface area contributed by atoms with Crippen molar-refractivity contribution in [3.63, 3.8) is 0 Å². The van der Waals surface area contributed by atoms with Crippen LogP contribution in [0.4, 0.5) is 8.78 Å². The van der Waals surface area contributed by atoms with Crippen LogP contribution in [-0.2, 0) is 29.2 Å². The molecule has 0 spiro atoms. The van der Waals surface area contributed by atoms with Crippen LogP contribution in [-0.4, -0.2) is 39.3 Å². The molecular weight excluding hydrogens is 356 g/mol. The Hall–Kier alpha value is -2.36. The van der Waals surface area contributed by atoms with Gasteiger partial charge in [0.15, 0.2) is 0 Å². The van der Waals surface area contributed by atoms with Gasteiger partial charge in [-0.3, -0.25) is 14.4 Å². The number of halogens is 2. The molecule has 7 nitrogen and oxygen atoms in total. The summed E-state index contributed by atoms with van der Waals surface area (Å²) in [6, 6.07) is 2.94. The minimum absolute atomic E-state index is 0.0608. The van der Waals surface area contributed by atoms with E-state index in [1.807, 2.05) is 6.20 Å². The van der Waals surface area contributed by atoms with E-state index in [2.05, 4.69) is 10.00 Å². The zero-order valence-electron chi connectivity index (χ0n) is 14.6. The molecular formula is C18H21F2N5O2. The summed E-state index contributed by atoms with van der Waals surface area (Å²) in [5, 5.41) is 4.39. The van der Waals surface area contributed by atoms with Gasteiger partial charge in [0.05, 0.1) is 12.3 Å². The smallest absolute Gasteiger partial charge is 0.239 e. The fourth-order valence-corrected chi connectivity index (χ4v) is 3.89. The highest BCUT2D eigenvalue weighted by Crippen LogP contribution is 2.33. The Labute approximate surface area is 154 Å². The highest BCUT2D eigenvalue weighted by molar-refractivity contribution is 5.73. The van der Waals surface area contributed by atoms with E-state index in [0.29, 0.717) is 26.1 Å². The normalized spacial score (nSPS) is 25.5. The SMILES string of the molecule is NC(=O)Cn1cc2c(n1)CN(C1CO[C@H](c3cc(F)ccc3F)C(N)C1)C2. The van der Waals surface area contributed by atoms with Crippen LogP contribution in [0.15, 0.2) is 24.4 Å². The van der Waals surface area contributed by atoms with E-state index in [9.17, 15) is 13.6 Å². The van der Waals surface area contributed by atoms with E-state index in [-0.39, 0.29) is 18.2 Å². The van der Waals surface area contributed by atoms with E-state index < -0.39 is 29.7 Å². The Balaban J connectivity index is 1.41. The summed E-state index contributed by atoms with van der Waals surface area (Å²) >= 11 is 0. The zero-order valence-corrected chi connectivity index (χ0v) is 14.6. The topological polar surface area (TPSA) is 99.4 Å². The molecule has 2 unspecified atom stereocenters. The minimum Gasteiger partial charge on any atom is -0.370 e. The fourth-order valence-electron chi connectivity index (χ4n) is 3.89. The van der Waals surface area contributed by atoms with Crippen LogP contribution in [0.2, 0.25) is 0 Å². The molecule has 0 saturated carbocycles. The maximum absolute atomic E-state index is 14.0. The van der Waals surface area contributed by atoms with Crippen LogP contribution in [0.25, 0.3) is 0 Å². The molecule has 1 aromatic heterocycles. The lowest BCUT2D eigenvalue weighted by atomic mass is 9.93. The minimum atomic E-state index is -0.665. The van der Waals surface area contributed by atoms with Crippen molar-refractivity contribution in [2.24, 2.45) is 11.5 Å². The molecule has 27 heavy (non-hydrogen) atoms. The maximum atomic E-state index is 14.0. The molecule has 1 fully saturated rings. The standard InChI is InChI=1S/C18H21F2N5O2/c19-11-1-2-14(20)13(3-11)18-15(21)4-12(9-27-18)24-5-10-6-25(8-17(22)26)23-16(10)7-24/h1-3,6,12,15,18H,4-5,7-9,21H2,(H2,22,26)/t12?,15?,18-/m1/s1. The van der Waals surface area contributed by atoms with Crippen molar-refractivity contribution < 1.29 is 18.3 Å². The van der Waals surface area contributed by atoms with E-state index in [4.69, 9.17) is 16.2 Å². The van der Waals surface area contributed by atoms with Gasteiger partial charge in [0.1, 0.15) is 24.3 Å². The molecule has 2 aromatic rings. The van der Waals surface area contributed by atoms with Crippen molar-refractivity contribution in [3.8, 4) is 0 Å². The van der Waals surface area contributed by atoms with Gasteiger partial charge in [0.2, 0.25) is 5.91 Å². The van der Waals surface area contributed by atoms with Gasteiger partial charge in [0, 0.05) is 42.5 Å². The summed E-state index contributed by atoms with van der Waals surface area (Å²) in [6.07, 6.45) is 1.77. The molecule has 2 aliphatic heterocycles. The number of ether oxygens (including phenoxy) is 1. The molecule has 2 aliphatic rings.